The number of nitrogens with zero attached hydrogens (tertiary/aromatic N) is 3. The van der Waals surface area contributed by atoms with Gasteiger partial charge in [0.15, 0.2) is 0 Å². The summed E-state index contributed by atoms with van der Waals surface area (Å²) >= 11 is 0. The van der Waals surface area contributed by atoms with Crippen LogP contribution in [0.1, 0.15) is 42.0 Å². The highest BCUT2D eigenvalue weighted by Crippen LogP contribution is 2.50. The molecule has 2 aromatic rings. The SMILES string of the molecule is CCOc1ncc(C)c2c1[C@H](c1ccc(C#N)cc1OC)C(C(N)=O)=C(C)N2O. The average molecular weight is 394 g/mol. The normalized spacial score (nSPS) is 15.6. The van der Waals surface area contributed by atoms with Crippen molar-refractivity contribution in [2.24, 2.45) is 5.73 Å². The number of hydroxylamine groups is 1. The van der Waals surface area contributed by atoms with Gasteiger partial charge in [0.05, 0.1) is 53.8 Å². The molecule has 0 fully saturated rings. The molecule has 2 heterocycles. The first-order chi connectivity index (χ1) is 13.8. The number of hydrogen-bond acceptors (Lipinski definition) is 7. The molecule has 1 atom stereocenters. The minimum absolute atomic E-state index is 0.191. The molecular weight excluding hydrogens is 372 g/mol. The first kappa shape index (κ1) is 20.2. The average Bonchev–Trinajstić information content (AvgIpc) is 2.71. The monoisotopic (exact) mass is 394 g/mol. The smallest absolute Gasteiger partial charge is 0.247 e. The van der Waals surface area contributed by atoms with E-state index >= 15 is 0 Å². The van der Waals surface area contributed by atoms with Crippen LogP contribution in [0.5, 0.6) is 11.6 Å². The van der Waals surface area contributed by atoms with Gasteiger partial charge in [-0.3, -0.25) is 10.0 Å². The van der Waals surface area contributed by atoms with Gasteiger partial charge in [-0.1, -0.05) is 6.07 Å². The van der Waals surface area contributed by atoms with Gasteiger partial charge in [0.25, 0.3) is 0 Å². The van der Waals surface area contributed by atoms with Crippen LogP contribution in [0.3, 0.4) is 0 Å². The molecule has 1 amide bonds. The number of nitrogens with two attached hydrogens (primary N) is 1. The minimum atomic E-state index is -0.692. The fraction of sp³-hybridized carbons (Fsp3) is 0.286. The van der Waals surface area contributed by atoms with E-state index in [1.165, 1.54) is 7.11 Å². The topological polar surface area (TPSA) is 122 Å². The molecule has 1 aliphatic heterocycles. The van der Waals surface area contributed by atoms with Gasteiger partial charge in [0.2, 0.25) is 11.8 Å². The first-order valence-corrected chi connectivity index (χ1v) is 9.05. The van der Waals surface area contributed by atoms with Crippen molar-refractivity contribution >= 4 is 11.6 Å². The van der Waals surface area contributed by atoms with Crippen LogP contribution in [0.4, 0.5) is 5.69 Å². The number of rotatable bonds is 5. The van der Waals surface area contributed by atoms with Crippen LogP contribution in [0.25, 0.3) is 0 Å². The Morgan fingerprint density at radius 2 is 2.14 bits per heavy atom. The molecule has 0 bridgehead atoms. The van der Waals surface area contributed by atoms with Crippen LogP contribution >= 0.6 is 0 Å². The lowest BCUT2D eigenvalue weighted by atomic mass is 9.79. The Bertz CT molecular complexity index is 1060. The van der Waals surface area contributed by atoms with Crippen molar-refractivity contribution in [1.82, 2.24) is 4.98 Å². The number of fused-ring (bicyclic) bond motifs is 1. The molecule has 8 nitrogen and oxygen atoms in total. The van der Waals surface area contributed by atoms with Crippen LogP contribution in [-0.4, -0.2) is 29.8 Å². The number of ether oxygens (including phenoxy) is 2. The summed E-state index contributed by atoms with van der Waals surface area (Å²) in [4.78, 5) is 16.8. The molecule has 3 rings (SSSR count). The lowest BCUT2D eigenvalue weighted by Crippen LogP contribution is -2.33. The maximum Gasteiger partial charge on any atom is 0.247 e. The number of hydrogen-bond donors (Lipinski definition) is 2. The third-order valence-corrected chi connectivity index (χ3v) is 4.95. The summed E-state index contributed by atoms with van der Waals surface area (Å²) < 4.78 is 11.2. The molecule has 0 unspecified atom stereocenters. The maximum absolute atomic E-state index is 12.5. The second-order valence-corrected chi connectivity index (χ2v) is 6.62. The largest absolute Gasteiger partial charge is 0.496 e. The van der Waals surface area contributed by atoms with Gasteiger partial charge in [-0.05, 0) is 38.5 Å². The van der Waals surface area contributed by atoms with Crippen molar-refractivity contribution < 1.29 is 19.5 Å². The Kier molecular flexibility index (Phi) is 5.43. The van der Waals surface area contributed by atoms with E-state index in [-0.39, 0.29) is 11.5 Å². The highest BCUT2D eigenvalue weighted by atomic mass is 16.5. The van der Waals surface area contributed by atoms with E-state index in [2.05, 4.69) is 11.1 Å². The van der Waals surface area contributed by atoms with E-state index < -0.39 is 11.8 Å². The quantitative estimate of drug-likeness (QED) is 0.799. The number of aryl methyl sites for hydroxylation is 1. The van der Waals surface area contributed by atoms with Crippen molar-refractivity contribution in [3.63, 3.8) is 0 Å². The van der Waals surface area contributed by atoms with E-state index in [4.69, 9.17) is 15.2 Å². The Labute approximate surface area is 168 Å². The molecule has 0 aliphatic carbocycles. The first-order valence-electron chi connectivity index (χ1n) is 9.05. The van der Waals surface area contributed by atoms with Crippen LogP contribution in [0, 0.1) is 18.3 Å². The maximum atomic E-state index is 12.5. The van der Waals surface area contributed by atoms with E-state index in [1.807, 2.05) is 6.92 Å². The predicted octanol–water partition coefficient (Wildman–Crippen LogP) is 2.77. The fourth-order valence-electron chi connectivity index (χ4n) is 3.68. The zero-order chi connectivity index (χ0) is 21.3. The van der Waals surface area contributed by atoms with Gasteiger partial charge in [-0.2, -0.15) is 5.26 Å². The number of anilines is 1. The Balaban J connectivity index is 2.42. The Morgan fingerprint density at radius 1 is 1.41 bits per heavy atom. The summed E-state index contributed by atoms with van der Waals surface area (Å²) in [6.45, 7) is 5.59. The predicted molar refractivity (Wildman–Crippen MR) is 106 cm³/mol. The van der Waals surface area contributed by atoms with Gasteiger partial charge in [-0.25, -0.2) is 10.0 Å². The van der Waals surface area contributed by atoms with E-state index in [9.17, 15) is 15.3 Å². The molecular formula is C21H22N4O4. The van der Waals surface area contributed by atoms with Gasteiger partial charge in [0.1, 0.15) is 5.75 Å². The van der Waals surface area contributed by atoms with Crippen LogP contribution in [0.2, 0.25) is 0 Å². The summed E-state index contributed by atoms with van der Waals surface area (Å²) in [5.74, 6) is -0.674. The number of allylic oxidation sites excluding steroid dienone is 1. The Morgan fingerprint density at radius 3 is 2.72 bits per heavy atom. The molecule has 0 saturated heterocycles. The van der Waals surface area contributed by atoms with Crippen LogP contribution < -0.4 is 20.3 Å². The molecule has 0 saturated carbocycles. The molecule has 0 spiro atoms. The number of amides is 1. The van der Waals surface area contributed by atoms with Crippen LogP contribution in [0.15, 0.2) is 35.7 Å². The summed E-state index contributed by atoms with van der Waals surface area (Å²) in [5.41, 5.74) is 8.94. The number of carbonyl (C=O) groups is 1. The second kappa shape index (κ2) is 7.81. The second-order valence-electron chi connectivity index (χ2n) is 6.62. The van der Waals surface area contributed by atoms with Crippen molar-refractivity contribution in [3.05, 3.63) is 57.9 Å². The third-order valence-electron chi connectivity index (χ3n) is 4.95. The molecule has 0 radical (unpaired) electrons. The number of benzene rings is 1. The number of pyridine rings is 1. The zero-order valence-corrected chi connectivity index (χ0v) is 16.7. The number of primary amides is 1. The highest BCUT2D eigenvalue weighted by Gasteiger charge is 2.39. The third kappa shape index (κ3) is 3.26. The molecule has 1 aromatic heterocycles. The summed E-state index contributed by atoms with van der Waals surface area (Å²) in [6, 6.07) is 7.02. The van der Waals surface area contributed by atoms with Crippen molar-refractivity contribution in [2.45, 2.75) is 26.7 Å². The number of aromatic nitrogens is 1. The van der Waals surface area contributed by atoms with Crippen molar-refractivity contribution in [2.75, 3.05) is 18.8 Å². The van der Waals surface area contributed by atoms with E-state index in [0.29, 0.717) is 46.0 Å². The van der Waals surface area contributed by atoms with E-state index in [0.717, 1.165) is 5.06 Å². The van der Waals surface area contributed by atoms with Crippen molar-refractivity contribution in [3.8, 4) is 17.7 Å². The molecule has 29 heavy (non-hydrogen) atoms. The standard InChI is InChI=1S/C21H22N4O4/c1-5-29-21-18-17(14-7-6-13(9-22)8-15(14)28-4)16(20(23)26)12(3)25(27)19(18)11(2)10-24-21/h6-8,10,17,27H,5H2,1-4H3,(H2,23,26)/t17-/m1/s1. The lowest BCUT2D eigenvalue weighted by molar-refractivity contribution is -0.114. The van der Waals surface area contributed by atoms with E-state index in [1.54, 1.807) is 38.2 Å². The van der Waals surface area contributed by atoms with Gasteiger partial charge in [-0.15, -0.1) is 0 Å². The summed E-state index contributed by atoms with van der Waals surface area (Å²) in [5, 5.41) is 21.0. The van der Waals surface area contributed by atoms with Gasteiger partial charge < -0.3 is 15.2 Å². The van der Waals surface area contributed by atoms with Crippen molar-refractivity contribution in [1.29, 1.82) is 5.26 Å². The summed E-state index contributed by atoms with van der Waals surface area (Å²) in [7, 11) is 1.49. The number of carbonyl (C=O) groups excluding carboxylic acids is 1. The number of nitriles is 1. The van der Waals surface area contributed by atoms with Gasteiger partial charge >= 0.3 is 0 Å². The van der Waals surface area contributed by atoms with Gasteiger partial charge in [0, 0.05) is 11.8 Å². The molecule has 150 valence electrons. The fourth-order valence-corrected chi connectivity index (χ4v) is 3.68. The lowest BCUT2D eigenvalue weighted by Gasteiger charge is -2.35. The van der Waals surface area contributed by atoms with Crippen LogP contribution in [-0.2, 0) is 4.79 Å². The molecule has 8 heteroatoms. The number of methoxy groups -OCH3 is 1. The highest BCUT2D eigenvalue weighted by molar-refractivity contribution is 5.98. The molecule has 3 N–H and O–H groups in total. The minimum Gasteiger partial charge on any atom is -0.496 e. The molecule has 1 aromatic carbocycles. The molecule has 1 aliphatic rings. The Hall–Kier alpha value is -3.57. The summed E-state index contributed by atoms with van der Waals surface area (Å²) in [6.07, 6.45) is 1.60. The zero-order valence-electron chi connectivity index (χ0n) is 16.7.